The molecule has 0 saturated heterocycles. The fourth-order valence-corrected chi connectivity index (χ4v) is 2.85. The van der Waals surface area contributed by atoms with E-state index in [2.05, 4.69) is 38.1 Å². The monoisotopic (exact) mass is 285 g/mol. The van der Waals surface area contributed by atoms with Crippen LogP contribution in [0.5, 0.6) is 0 Å². The molecule has 0 saturated carbocycles. The van der Waals surface area contributed by atoms with Gasteiger partial charge in [0.15, 0.2) is 5.78 Å². The summed E-state index contributed by atoms with van der Waals surface area (Å²) in [6.45, 7) is 5.90. The van der Waals surface area contributed by atoms with Crippen molar-refractivity contribution in [1.82, 2.24) is 0 Å². The first kappa shape index (κ1) is 14.7. The molecule has 0 aliphatic rings. The number of hydrogen-bond acceptors (Lipinski definition) is 3. The maximum atomic E-state index is 11.4. The number of nitrogen functional groups attached to an aromatic ring is 1. The Balaban J connectivity index is 2.17. The Morgan fingerprint density at radius 1 is 1.05 bits per heavy atom. The number of benzene rings is 2. The van der Waals surface area contributed by atoms with Gasteiger partial charge in [-0.15, -0.1) is 0 Å². The second-order valence-electron chi connectivity index (χ2n) is 5.13. The summed E-state index contributed by atoms with van der Waals surface area (Å²) in [4.78, 5) is 13.6. The fourth-order valence-electron chi connectivity index (χ4n) is 1.98. The zero-order chi connectivity index (χ0) is 14.7. The third kappa shape index (κ3) is 3.42. The average molecular weight is 285 g/mol. The van der Waals surface area contributed by atoms with Gasteiger partial charge in [0, 0.05) is 21.0 Å². The number of ketones is 1. The van der Waals surface area contributed by atoms with Crippen LogP contribution in [0.2, 0.25) is 0 Å². The van der Waals surface area contributed by atoms with Crippen molar-refractivity contribution in [3.8, 4) is 0 Å². The first-order valence-electron chi connectivity index (χ1n) is 6.65. The van der Waals surface area contributed by atoms with E-state index in [1.807, 2.05) is 12.1 Å². The van der Waals surface area contributed by atoms with Gasteiger partial charge in [0.2, 0.25) is 0 Å². The van der Waals surface area contributed by atoms with E-state index in [1.54, 1.807) is 17.8 Å². The Labute approximate surface area is 124 Å². The van der Waals surface area contributed by atoms with E-state index in [9.17, 15) is 4.79 Å². The van der Waals surface area contributed by atoms with E-state index in [-0.39, 0.29) is 5.78 Å². The number of Topliss-reactive ketones (excluding diaryl/α,β-unsaturated/α-hetero) is 1. The van der Waals surface area contributed by atoms with E-state index >= 15 is 0 Å². The van der Waals surface area contributed by atoms with Crippen LogP contribution in [0.3, 0.4) is 0 Å². The highest BCUT2D eigenvalue weighted by atomic mass is 32.2. The smallest absolute Gasteiger partial charge is 0.161 e. The van der Waals surface area contributed by atoms with E-state index < -0.39 is 0 Å². The third-order valence-electron chi connectivity index (χ3n) is 3.18. The number of hydrogen-bond donors (Lipinski definition) is 1. The molecule has 2 aromatic carbocycles. The van der Waals surface area contributed by atoms with Gasteiger partial charge in [0.05, 0.1) is 0 Å². The predicted molar refractivity (Wildman–Crippen MR) is 85.5 cm³/mol. The van der Waals surface area contributed by atoms with Crippen LogP contribution >= 0.6 is 11.8 Å². The van der Waals surface area contributed by atoms with Gasteiger partial charge in [-0.25, -0.2) is 0 Å². The number of rotatable bonds is 4. The quantitative estimate of drug-likeness (QED) is 0.651. The molecule has 0 heterocycles. The molecule has 20 heavy (non-hydrogen) atoms. The highest BCUT2D eigenvalue weighted by Crippen LogP contribution is 2.31. The van der Waals surface area contributed by atoms with Crippen molar-refractivity contribution in [3.63, 3.8) is 0 Å². The van der Waals surface area contributed by atoms with Crippen LogP contribution in [0, 0.1) is 0 Å². The Bertz CT molecular complexity index is 617. The second-order valence-corrected chi connectivity index (χ2v) is 6.28. The second kappa shape index (κ2) is 6.14. The first-order valence-corrected chi connectivity index (χ1v) is 7.47. The summed E-state index contributed by atoms with van der Waals surface area (Å²) in [6, 6.07) is 14.1. The van der Waals surface area contributed by atoms with Crippen molar-refractivity contribution >= 4 is 23.2 Å². The minimum absolute atomic E-state index is 0.000311. The largest absolute Gasteiger partial charge is 0.398 e. The van der Waals surface area contributed by atoms with E-state index in [0.717, 1.165) is 4.90 Å². The maximum Gasteiger partial charge on any atom is 0.161 e. The lowest BCUT2D eigenvalue weighted by atomic mass is 10.0. The van der Waals surface area contributed by atoms with E-state index in [0.29, 0.717) is 17.2 Å². The molecule has 2 nitrogen and oxygen atoms in total. The highest BCUT2D eigenvalue weighted by Gasteiger charge is 2.06. The summed E-state index contributed by atoms with van der Waals surface area (Å²) in [7, 11) is 0. The molecule has 0 radical (unpaired) electrons. The van der Waals surface area contributed by atoms with Crippen LogP contribution in [-0.4, -0.2) is 5.78 Å². The molecule has 2 rings (SSSR count). The lowest BCUT2D eigenvalue weighted by molar-refractivity contribution is 0.101. The average Bonchev–Trinajstić information content (AvgIpc) is 2.39. The molecule has 0 atom stereocenters. The zero-order valence-corrected chi connectivity index (χ0v) is 12.8. The molecule has 0 fully saturated rings. The minimum atomic E-state index is 0.000311. The molecule has 0 aromatic heterocycles. The Morgan fingerprint density at radius 3 is 2.15 bits per heavy atom. The van der Waals surface area contributed by atoms with Gasteiger partial charge in [-0.05, 0) is 48.7 Å². The predicted octanol–water partition coefficient (Wildman–Crippen LogP) is 4.75. The van der Waals surface area contributed by atoms with Gasteiger partial charge < -0.3 is 5.73 Å². The molecule has 2 N–H and O–H groups in total. The lowest BCUT2D eigenvalue weighted by Gasteiger charge is -2.08. The van der Waals surface area contributed by atoms with Gasteiger partial charge in [0.1, 0.15) is 0 Å². The molecule has 0 spiro atoms. The molecule has 0 bridgehead atoms. The SMILES string of the molecule is CC(=O)c1ccc(Sc2ccc(C(C)C)cc2)cc1N. The molecular formula is C17H19NOS. The fraction of sp³-hybridized carbons (Fsp3) is 0.235. The van der Waals surface area contributed by atoms with Gasteiger partial charge in [0.25, 0.3) is 0 Å². The van der Waals surface area contributed by atoms with Crippen molar-refractivity contribution < 1.29 is 4.79 Å². The van der Waals surface area contributed by atoms with Gasteiger partial charge in [-0.2, -0.15) is 0 Å². The number of carbonyl (C=O) groups excluding carboxylic acids is 1. The molecule has 3 heteroatoms. The maximum absolute atomic E-state index is 11.4. The van der Waals surface area contributed by atoms with Gasteiger partial charge in [-0.1, -0.05) is 37.7 Å². The molecule has 0 aliphatic heterocycles. The Kier molecular flexibility index (Phi) is 4.50. The first-order chi connectivity index (χ1) is 9.47. The third-order valence-corrected chi connectivity index (χ3v) is 4.18. The van der Waals surface area contributed by atoms with E-state index in [1.165, 1.54) is 17.4 Å². The number of nitrogens with two attached hydrogens (primary N) is 1. The Morgan fingerprint density at radius 2 is 1.65 bits per heavy atom. The van der Waals surface area contributed by atoms with Crippen LogP contribution in [-0.2, 0) is 0 Å². The van der Waals surface area contributed by atoms with Crippen LogP contribution in [0.25, 0.3) is 0 Å². The highest BCUT2D eigenvalue weighted by molar-refractivity contribution is 7.99. The van der Waals surface area contributed by atoms with E-state index in [4.69, 9.17) is 5.73 Å². The molecule has 104 valence electrons. The zero-order valence-electron chi connectivity index (χ0n) is 12.0. The van der Waals surface area contributed by atoms with Crippen molar-refractivity contribution in [2.45, 2.75) is 36.5 Å². The summed E-state index contributed by atoms with van der Waals surface area (Å²) < 4.78 is 0. The Hall–Kier alpha value is -1.74. The lowest BCUT2D eigenvalue weighted by Crippen LogP contribution is -1.99. The minimum Gasteiger partial charge on any atom is -0.398 e. The molecule has 0 aliphatic carbocycles. The standard InChI is InChI=1S/C17H19NOS/c1-11(2)13-4-6-14(7-5-13)20-15-8-9-16(12(3)19)17(18)10-15/h4-11H,18H2,1-3H3. The van der Waals surface area contributed by atoms with Gasteiger partial charge in [-0.3, -0.25) is 4.79 Å². The van der Waals surface area contributed by atoms with Crippen molar-refractivity contribution in [1.29, 1.82) is 0 Å². The summed E-state index contributed by atoms with van der Waals surface area (Å²) in [5, 5.41) is 0. The normalized spacial score (nSPS) is 10.8. The van der Waals surface area contributed by atoms with Crippen LogP contribution in [0.1, 0.15) is 42.6 Å². The van der Waals surface area contributed by atoms with Crippen LogP contribution in [0.15, 0.2) is 52.3 Å². The number of anilines is 1. The topological polar surface area (TPSA) is 43.1 Å². The van der Waals surface area contributed by atoms with Crippen molar-refractivity contribution in [2.24, 2.45) is 0 Å². The summed E-state index contributed by atoms with van der Waals surface area (Å²) in [5.41, 5.74) is 8.37. The number of carbonyl (C=O) groups is 1. The van der Waals surface area contributed by atoms with Crippen LogP contribution < -0.4 is 5.73 Å². The molecule has 0 amide bonds. The van der Waals surface area contributed by atoms with Crippen molar-refractivity contribution in [2.75, 3.05) is 5.73 Å². The van der Waals surface area contributed by atoms with Crippen molar-refractivity contribution in [3.05, 3.63) is 53.6 Å². The molecular weight excluding hydrogens is 266 g/mol. The molecule has 0 unspecified atom stereocenters. The summed E-state index contributed by atoms with van der Waals surface area (Å²) in [6.07, 6.45) is 0. The van der Waals surface area contributed by atoms with Crippen LogP contribution in [0.4, 0.5) is 5.69 Å². The summed E-state index contributed by atoms with van der Waals surface area (Å²) in [5.74, 6) is 0.542. The summed E-state index contributed by atoms with van der Waals surface area (Å²) >= 11 is 1.65. The molecule has 2 aromatic rings. The van der Waals surface area contributed by atoms with Gasteiger partial charge >= 0.3 is 0 Å².